The highest BCUT2D eigenvalue weighted by Crippen LogP contribution is 2.17. The van der Waals surface area contributed by atoms with Crippen molar-refractivity contribution in [3.8, 4) is 5.75 Å². The molecule has 2 aromatic heterocycles. The molecule has 0 atom stereocenters. The summed E-state index contributed by atoms with van der Waals surface area (Å²) in [6.45, 7) is 2.53. The molecule has 0 aliphatic heterocycles. The number of carbonyl (C=O) groups is 1. The molecular formula is C18H18ClN3O3. The highest BCUT2D eigenvalue weighted by molar-refractivity contribution is 6.30. The second kappa shape index (κ2) is 7.44. The van der Waals surface area contributed by atoms with E-state index in [1.54, 1.807) is 41.1 Å². The van der Waals surface area contributed by atoms with Crippen molar-refractivity contribution in [2.45, 2.75) is 20.1 Å². The SMILES string of the molecule is Cc1cc(CNC(=O)c2ccc(COc3ccc(Cl)cc3)o2)nn1C. The van der Waals surface area contributed by atoms with E-state index in [-0.39, 0.29) is 18.3 Å². The Bertz CT molecular complexity index is 849. The highest BCUT2D eigenvalue weighted by Gasteiger charge is 2.12. The van der Waals surface area contributed by atoms with E-state index >= 15 is 0 Å². The first-order chi connectivity index (χ1) is 12.0. The molecule has 2 heterocycles. The van der Waals surface area contributed by atoms with Gasteiger partial charge >= 0.3 is 0 Å². The summed E-state index contributed by atoms with van der Waals surface area (Å²) in [4.78, 5) is 12.1. The van der Waals surface area contributed by atoms with Crippen LogP contribution in [0.5, 0.6) is 5.75 Å². The van der Waals surface area contributed by atoms with E-state index in [0.717, 1.165) is 11.4 Å². The lowest BCUT2D eigenvalue weighted by Crippen LogP contribution is -2.22. The van der Waals surface area contributed by atoms with Crippen LogP contribution in [0.3, 0.4) is 0 Å². The van der Waals surface area contributed by atoms with Crippen molar-refractivity contribution >= 4 is 17.5 Å². The van der Waals surface area contributed by atoms with Crippen molar-refractivity contribution in [1.29, 1.82) is 0 Å². The Morgan fingerprint density at radius 3 is 2.72 bits per heavy atom. The number of aryl methyl sites for hydroxylation is 2. The third-order valence-corrected chi connectivity index (χ3v) is 3.93. The molecule has 0 radical (unpaired) electrons. The Balaban J connectivity index is 1.53. The Kier molecular flexibility index (Phi) is 5.09. The van der Waals surface area contributed by atoms with Gasteiger partial charge in [-0.1, -0.05) is 11.6 Å². The monoisotopic (exact) mass is 359 g/mol. The van der Waals surface area contributed by atoms with Gasteiger partial charge in [-0.15, -0.1) is 0 Å². The average Bonchev–Trinajstić information content (AvgIpc) is 3.19. The van der Waals surface area contributed by atoms with E-state index in [4.69, 9.17) is 20.8 Å². The van der Waals surface area contributed by atoms with Crippen LogP contribution in [0.15, 0.2) is 46.9 Å². The van der Waals surface area contributed by atoms with Crippen LogP contribution >= 0.6 is 11.6 Å². The molecular weight excluding hydrogens is 342 g/mol. The number of halogens is 1. The number of benzene rings is 1. The quantitative estimate of drug-likeness (QED) is 0.731. The van der Waals surface area contributed by atoms with Crippen LogP contribution in [0, 0.1) is 6.92 Å². The van der Waals surface area contributed by atoms with Gasteiger partial charge in [0.1, 0.15) is 18.1 Å². The zero-order valence-electron chi connectivity index (χ0n) is 14.0. The predicted molar refractivity (Wildman–Crippen MR) is 93.6 cm³/mol. The molecule has 0 saturated carbocycles. The van der Waals surface area contributed by atoms with Crippen LogP contribution in [0.2, 0.25) is 5.02 Å². The number of amides is 1. The summed E-state index contributed by atoms with van der Waals surface area (Å²) < 4.78 is 12.9. The van der Waals surface area contributed by atoms with Gasteiger partial charge in [0.2, 0.25) is 0 Å². The van der Waals surface area contributed by atoms with Crippen LogP contribution < -0.4 is 10.1 Å². The number of nitrogens with one attached hydrogen (secondary N) is 1. The summed E-state index contributed by atoms with van der Waals surface area (Å²) in [5, 5.41) is 7.72. The minimum Gasteiger partial charge on any atom is -0.486 e. The molecule has 7 heteroatoms. The van der Waals surface area contributed by atoms with Crippen molar-refractivity contribution in [3.05, 3.63) is 70.4 Å². The third-order valence-electron chi connectivity index (χ3n) is 3.67. The lowest BCUT2D eigenvalue weighted by Gasteiger charge is -2.04. The smallest absolute Gasteiger partial charge is 0.287 e. The maximum absolute atomic E-state index is 12.1. The molecule has 0 fully saturated rings. The fraction of sp³-hybridized carbons (Fsp3) is 0.222. The molecule has 25 heavy (non-hydrogen) atoms. The Labute approximate surface area is 150 Å². The van der Waals surface area contributed by atoms with Crippen LogP contribution in [-0.2, 0) is 20.2 Å². The Morgan fingerprint density at radius 1 is 1.28 bits per heavy atom. The van der Waals surface area contributed by atoms with Gasteiger partial charge in [0.05, 0.1) is 12.2 Å². The zero-order valence-corrected chi connectivity index (χ0v) is 14.7. The summed E-state index contributed by atoms with van der Waals surface area (Å²) >= 11 is 5.83. The molecule has 0 spiro atoms. The first kappa shape index (κ1) is 17.1. The number of hydrogen-bond donors (Lipinski definition) is 1. The minimum atomic E-state index is -0.291. The molecule has 3 aromatic rings. The van der Waals surface area contributed by atoms with E-state index < -0.39 is 0 Å². The van der Waals surface area contributed by atoms with Gasteiger partial charge in [-0.2, -0.15) is 5.10 Å². The molecule has 1 aromatic carbocycles. The topological polar surface area (TPSA) is 69.3 Å². The first-order valence-electron chi connectivity index (χ1n) is 7.76. The van der Waals surface area contributed by atoms with Crippen LogP contribution in [0.4, 0.5) is 0 Å². The lowest BCUT2D eigenvalue weighted by molar-refractivity contribution is 0.0918. The molecule has 1 N–H and O–H groups in total. The van der Waals surface area contributed by atoms with Crippen molar-refractivity contribution < 1.29 is 13.9 Å². The van der Waals surface area contributed by atoms with E-state index in [1.807, 2.05) is 20.0 Å². The second-order valence-corrected chi connectivity index (χ2v) is 6.03. The summed E-state index contributed by atoms with van der Waals surface area (Å²) in [5.74, 6) is 1.19. The molecule has 0 aliphatic rings. The number of hydrogen-bond acceptors (Lipinski definition) is 4. The molecule has 0 bridgehead atoms. The summed E-state index contributed by atoms with van der Waals surface area (Å²) in [6.07, 6.45) is 0. The van der Waals surface area contributed by atoms with Gasteiger partial charge < -0.3 is 14.5 Å². The third kappa shape index (κ3) is 4.42. The van der Waals surface area contributed by atoms with Gasteiger partial charge in [0, 0.05) is 17.8 Å². The number of rotatable bonds is 6. The molecule has 1 amide bonds. The van der Waals surface area contributed by atoms with Crippen LogP contribution in [0.25, 0.3) is 0 Å². The normalized spacial score (nSPS) is 10.7. The minimum absolute atomic E-state index is 0.231. The second-order valence-electron chi connectivity index (χ2n) is 5.59. The number of furan rings is 1. The van der Waals surface area contributed by atoms with Crippen molar-refractivity contribution in [1.82, 2.24) is 15.1 Å². The average molecular weight is 360 g/mol. The maximum atomic E-state index is 12.1. The Hall–Kier alpha value is -2.73. The number of aromatic nitrogens is 2. The molecule has 3 rings (SSSR count). The van der Waals surface area contributed by atoms with Gasteiger partial charge in [-0.05, 0) is 49.4 Å². The van der Waals surface area contributed by atoms with Crippen LogP contribution in [0.1, 0.15) is 27.7 Å². The standard InChI is InChI=1S/C18H18ClN3O3/c1-12-9-14(21-22(12)2)10-20-18(23)17-8-7-16(25-17)11-24-15-5-3-13(19)4-6-15/h3-9H,10-11H2,1-2H3,(H,20,23). The fourth-order valence-corrected chi connectivity index (χ4v) is 2.37. The van der Waals surface area contributed by atoms with E-state index in [9.17, 15) is 4.79 Å². The lowest BCUT2D eigenvalue weighted by atomic mass is 10.3. The number of carbonyl (C=O) groups excluding carboxylic acids is 1. The van der Waals surface area contributed by atoms with Gasteiger partial charge in [-0.3, -0.25) is 9.48 Å². The van der Waals surface area contributed by atoms with Gasteiger partial charge in [0.25, 0.3) is 5.91 Å². The molecule has 6 nitrogen and oxygen atoms in total. The maximum Gasteiger partial charge on any atom is 0.287 e. The first-order valence-corrected chi connectivity index (χ1v) is 8.14. The van der Waals surface area contributed by atoms with E-state index in [0.29, 0.717) is 23.1 Å². The van der Waals surface area contributed by atoms with Crippen molar-refractivity contribution in [3.63, 3.8) is 0 Å². The van der Waals surface area contributed by atoms with E-state index in [2.05, 4.69) is 10.4 Å². The number of nitrogens with zero attached hydrogens (tertiary/aromatic N) is 2. The van der Waals surface area contributed by atoms with Crippen LogP contribution in [-0.4, -0.2) is 15.7 Å². The van der Waals surface area contributed by atoms with Crippen molar-refractivity contribution in [2.75, 3.05) is 0 Å². The highest BCUT2D eigenvalue weighted by atomic mass is 35.5. The van der Waals surface area contributed by atoms with E-state index in [1.165, 1.54) is 0 Å². The van der Waals surface area contributed by atoms with Gasteiger partial charge in [0.15, 0.2) is 5.76 Å². The molecule has 130 valence electrons. The fourth-order valence-electron chi connectivity index (χ4n) is 2.24. The molecule has 0 saturated heterocycles. The summed E-state index contributed by atoms with van der Waals surface area (Å²) in [6, 6.07) is 12.3. The summed E-state index contributed by atoms with van der Waals surface area (Å²) in [7, 11) is 1.86. The predicted octanol–water partition coefficient (Wildman–Crippen LogP) is 3.48. The molecule has 0 unspecified atom stereocenters. The number of ether oxygens (including phenoxy) is 1. The zero-order chi connectivity index (χ0) is 17.8. The summed E-state index contributed by atoms with van der Waals surface area (Å²) in [5.41, 5.74) is 1.83. The molecule has 0 aliphatic carbocycles. The van der Waals surface area contributed by atoms with Gasteiger partial charge in [-0.25, -0.2) is 0 Å². The largest absolute Gasteiger partial charge is 0.486 e. The Morgan fingerprint density at radius 2 is 2.04 bits per heavy atom. The van der Waals surface area contributed by atoms with Crippen molar-refractivity contribution in [2.24, 2.45) is 7.05 Å².